The molecule has 2 N–H and O–H groups in total. The Morgan fingerprint density at radius 3 is 2.20 bits per heavy atom. The number of hydrogen-bond donors (Lipinski definition) is 2. The molecule has 0 aromatic heterocycles. The van der Waals surface area contributed by atoms with E-state index in [1.54, 1.807) is 13.0 Å². The maximum Gasteiger partial charge on any atom is 0.175 e. The monoisotopic (exact) mass is 358 g/mol. The van der Waals surface area contributed by atoms with Crippen LogP contribution in [0.15, 0.2) is 42.5 Å². The van der Waals surface area contributed by atoms with E-state index >= 15 is 0 Å². The van der Waals surface area contributed by atoms with Crippen LogP contribution in [0, 0.1) is 12.7 Å². The summed E-state index contributed by atoms with van der Waals surface area (Å²) in [6.45, 7) is 5.99. The van der Waals surface area contributed by atoms with E-state index in [2.05, 4.69) is 39.6 Å². The summed E-state index contributed by atoms with van der Waals surface area (Å²) >= 11 is 5.30. The summed E-state index contributed by atoms with van der Waals surface area (Å²) < 4.78 is 13.6. The Bertz CT molecular complexity index is 740. The minimum atomic E-state index is -0.246. The highest BCUT2D eigenvalue weighted by Crippen LogP contribution is 2.20. The molecule has 0 atom stereocenters. The van der Waals surface area contributed by atoms with Crippen molar-refractivity contribution in [1.29, 1.82) is 0 Å². The number of thiocarbonyl (C=S) groups is 1. The van der Waals surface area contributed by atoms with Gasteiger partial charge in [-0.3, -0.25) is 0 Å². The number of piperazine rings is 1. The van der Waals surface area contributed by atoms with Crippen molar-refractivity contribution < 1.29 is 4.39 Å². The Hall–Kier alpha value is -2.18. The van der Waals surface area contributed by atoms with E-state index in [0.29, 0.717) is 16.4 Å². The molecule has 0 bridgehead atoms. The molecule has 1 fully saturated rings. The lowest BCUT2D eigenvalue weighted by Crippen LogP contribution is -2.44. The molecule has 1 heterocycles. The normalized spacial score (nSPS) is 15.1. The maximum atomic E-state index is 13.6. The predicted octanol–water partition coefficient (Wildman–Crippen LogP) is 3.69. The van der Waals surface area contributed by atoms with Crippen molar-refractivity contribution >= 4 is 34.4 Å². The van der Waals surface area contributed by atoms with Crippen molar-refractivity contribution in [1.82, 2.24) is 4.90 Å². The first-order chi connectivity index (χ1) is 12.0. The van der Waals surface area contributed by atoms with Gasteiger partial charge in [0.2, 0.25) is 0 Å². The van der Waals surface area contributed by atoms with Gasteiger partial charge in [-0.1, -0.05) is 6.07 Å². The van der Waals surface area contributed by atoms with Crippen molar-refractivity contribution in [2.45, 2.75) is 6.92 Å². The standard InChI is InChI=1S/C19H23FN4S/c1-14-3-4-16(13-18(14)20)22-19(25)21-15-5-7-17(8-6-15)24-11-9-23(2)10-12-24/h3-8,13H,9-12H2,1-2H3,(H2,21,22,25). The number of likely N-dealkylation sites (N-methyl/N-ethyl adjacent to an activating group) is 1. The van der Waals surface area contributed by atoms with Crippen LogP contribution in [-0.2, 0) is 0 Å². The van der Waals surface area contributed by atoms with Crippen LogP contribution in [0.2, 0.25) is 0 Å². The van der Waals surface area contributed by atoms with E-state index in [0.717, 1.165) is 31.9 Å². The van der Waals surface area contributed by atoms with E-state index in [-0.39, 0.29) is 5.82 Å². The average molecular weight is 358 g/mol. The predicted molar refractivity (Wildman–Crippen MR) is 107 cm³/mol. The third kappa shape index (κ3) is 4.67. The topological polar surface area (TPSA) is 30.5 Å². The summed E-state index contributed by atoms with van der Waals surface area (Å²) in [5.41, 5.74) is 3.37. The number of rotatable bonds is 3. The minimum absolute atomic E-state index is 0.246. The molecular weight excluding hydrogens is 335 g/mol. The van der Waals surface area contributed by atoms with Crippen LogP contribution in [0.1, 0.15) is 5.56 Å². The molecule has 0 amide bonds. The van der Waals surface area contributed by atoms with E-state index in [4.69, 9.17) is 12.2 Å². The van der Waals surface area contributed by atoms with Gasteiger partial charge in [0.25, 0.3) is 0 Å². The number of anilines is 3. The molecule has 1 saturated heterocycles. The zero-order valence-corrected chi connectivity index (χ0v) is 15.4. The molecule has 0 saturated carbocycles. The first kappa shape index (κ1) is 17.6. The van der Waals surface area contributed by atoms with Crippen molar-refractivity contribution in [3.05, 3.63) is 53.8 Å². The Morgan fingerprint density at radius 2 is 1.56 bits per heavy atom. The molecule has 1 aliphatic rings. The largest absolute Gasteiger partial charge is 0.369 e. The second-order valence-electron chi connectivity index (χ2n) is 6.38. The molecule has 1 aliphatic heterocycles. The van der Waals surface area contributed by atoms with Gasteiger partial charge in [-0.05, 0) is 68.2 Å². The minimum Gasteiger partial charge on any atom is -0.369 e. The van der Waals surface area contributed by atoms with Crippen LogP contribution in [-0.4, -0.2) is 43.2 Å². The Kier molecular flexibility index (Phi) is 5.50. The fourth-order valence-electron chi connectivity index (χ4n) is 2.78. The highest BCUT2D eigenvalue weighted by atomic mass is 32.1. The highest BCUT2D eigenvalue weighted by Gasteiger charge is 2.14. The molecule has 0 unspecified atom stereocenters. The number of nitrogens with zero attached hydrogens (tertiary/aromatic N) is 2. The third-order valence-electron chi connectivity index (χ3n) is 4.42. The molecule has 0 spiro atoms. The summed E-state index contributed by atoms with van der Waals surface area (Å²) in [7, 11) is 2.15. The van der Waals surface area contributed by atoms with Gasteiger partial charge in [0.05, 0.1) is 0 Å². The van der Waals surface area contributed by atoms with E-state index < -0.39 is 0 Å². The van der Waals surface area contributed by atoms with Crippen LogP contribution in [0.25, 0.3) is 0 Å². The molecule has 3 rings (SSSR count). The number of nitrogens with one attached hydrogen (secondary N) is 2. The Morgan fingerprint density at radius 1 is 0.960 bits per heavy atom. The van der Waals surface area contributed by atoms with Crippen LogP contribution in [0.3, 0.4) is 0 Å². The summed E-state index contributed by atoms with van der Waals surface area (Å²) in [5, 5.41) is 6.58. The Balaban J connectivity index is 1.57. The van der Waals surface area contributed by atoms with Crippen molar-refractivity contribution in [2.24, 2.45) is 0 Å². The average Bonchev–Trinajstić information content (AvgIpc) is 2.60. The molecule has 0 radical (unpaired) electrons. The number of benzene rings is 2. The van der Waals surface area contributed by atoms with Crippen molar-refractivity contribution in [3.63, 3.8) is 0 Å². The molecular formula is C19H23FN4S. The highest BCUT2D eigenvalue weighted by molar-refractivity contribution is 7.80. The zero-order chi connectivity index (χ0) is 17.8. The molecule has 25 heavy (non-hydrogen) atoms. The fraction of sp³-hybridized carbons (Fsp3) is 0.316. The number of halogens is 1. The Labute approximate surface area is 153 Å². The lowest BCUT2D eigenvalue weighted by atomic mass is 10.2. The van der Waals surface area contributed by atoms with Crippen LogP contribution >= 0.6 is 12.2 Å². The molecule has 0 aliphatic carbocycles. The van der Waals surface area contributed by atoms with Gasteiger partial charge in [-0.2, -0.15) is 0 Å². The molecule has 2 aromatic carbocycles. The number of aryl methyl sites for hydroxylation is 1. The van der Waals surface area contributed by atoms with E-state index in [1.807, 2.05) is 18.2 Å². The molecule has 6 heteroatoms. The lowest BCUT2D eigenvalue weighted by molar-refractivity contribution is 0.313. The van der Waals surface area contributed by atoms with Gasteiger partial charge < -0.3 is 20.4 Å². The van der Waals surface area contributed by atoms with Gasteiger partial charge >= 0.3 is 0 Å². The second kappa shape index (κ2) is 7.80. The van der Waals surface area contributed by atoms with Gasteiger partial charge in [0.1, 0.15) is 5.82 Å². The first-order valence-corrected chi connectivity index (χ1v) is 8.80. The van der Waals surface area contributed by atoms with E-state index in [1.165, 1.54) is 11.8 Å². The first-order valence-electron chi connectivity index (χ1n) is 8.39. The van der Waals surface area contributed by atoms with Crippen LogP contribution in [0.4, 0.5) is 21.5 Å². The van der Waals surface area contributed by atoms with Gasteiger partial charge in [0.15, 0.2) is 5.11 Å². The van der Waals surface area contributed by atoms with Gasteiger partial charge in [-0.15, -0.1) is 0 Å². The van der Waals surface area contributed by atoms with Crippen molar-refractivity contribution in [2.75, 3.05) is 48.8 Å². The molecule has 132 valence electrons. The van der Waals surface area contributed by atoms with Crippen LogP contribution < -0.4 is 15.5 Å². The SMILES string of the molecule is Cc1ccc(NC(=S)Nc2ccc(N3CCN(C)CC3)cc2)cc1F. The summed E-state index contributed by atoms with van der Waals surface area (Å²) in [5.74, 6) is -0.246. The summed E-state index contributed by atoms with van der Waals surface area (Å²) in [6, 6.07) is 13.2. The smallest absolute Gasteiger partial charge is 0.175 e. The number of hydrogen-bond acceptors (Lipinski definition) is 3. The maximum absolute atomic E-state index is 13.6. The third-order valence-corrected chi connectivity index (χ3v) is 4.63. The quantitative estimate of drug-likeness (QED) is 0.817. The van der Waals surface area contributed by atoms with Gasteiger partial charge in [0, 0.05) is 43.2 Å². The summed E-state index contributed by atoms with van der Waals surface area (Å²) in [6.07, 6.45) is 0. The van der Waals surface area contributed by atoms with E-state index in [9.17, 15) is 4.39 Å². The lowest BCUT2D eigenvalue weighted by Gasteiger charge is -2.34. The zero-order valence-electron chi connectivity index (χ0n) is 14.6. The van der Waals surface area contributed by atoms with Crippen molar-refractivity contribution in [3.8, 4) is 0 Å². The summed E-state index contributed by atoms with van der Waals surface area (Å²) in [4.78, 5) is 4.72. The van der Waals surface area contributed by atoms with Gasteiger partial charge in [-0.25, -0.2) is 4.39 Å². The fourth-order valence-corrected chi connectivity index (χ4v) is 3.02. The second-order valence-corrected chi connectivity index (χ2v) is 6.79. The molecule has 4 nitrogen and oxygen atoms in total. The van der Waals surface area contributed by atoms with Crippen LogP contribution in [0.5, 0.6) is 0 Å². The molecule has 2 aromatic rings.